The number of aryl methyl sites for hydroxylation is 1. The van der Waals surface area contributed by atoms with Crippen molar-refractivity contribution in [2.45, 2.75) is 12.1 Å². The maximum Gasteiger partial charge on any atom is 0.269 e. The molecule has 8 nitrogen and oxygen atoms in total. The number of thioether (sulfide) groups is 1. The highest BCUT2D eigenvalue weighted by molar-refractivity contribution is 7.99. The molecule has 1 aromatic heterocycles. The van der Waals surface area contributed by atoms with Gasteiger partial charge in [-0.1, -0.05) is 29.4 Å². The van der Waals surface area contributed by atoms with E-state index < -0.39 is 5.91 Å². The van der Waals surface area contributed by atoms with Gasteiger partial charge in [0.25, 0.3) is 5.91 Å². The fourth-order valence-corrected chi connectivity index (χ4v) is 3.44. The van der Waals surface area contributed by atoms with Crippen molar-refractivity contribution in [2.24, 2.45) is 0 Å². The topological polar surface area (TPSA) is 98.1 Å². The minimum absolute atomic E-state index is 0.0432. The Bertz CT molecular complexity index is 1020. The Morgan fingerprint density at radius 2 is 1.90 bits per heavy atom. The molecule has 0 fully saturated rings. The van der Waals surface area contributed by atoms with Crippen LogP contribution >= 0.6 is 23.4 Å². The van der Waals surface area contributed by atoms with Gasteiger partial charge in [-0.3, -0.25) is 25.0 Å². The molecule has 0 unspecified atom stereocenters. The molecular formula is C19H18ClN5O3S. The Kier molecular flexibility index (Phi) is 6.73. The van der Waals surface area contributed by atoms with E-state index in [9.17, 15) is 9.59 Å². The molecular weight excluding hydrogens is 414 g/mol. The standard InChI is InChI=1S/C19H18ClN5O3S/c1-12-21-24-19(25(12)15-5-3-4-14(20)10-15)29-11-17(26)22-23-18(27)13-6-8-16(28-2)9-7-13/h3-10H,11H2,1-2H3,(H,22,26)(H,23,27). The maximum atomic E-state index is 12.1. The van der Waals surface area contributed by atoms with E-state index in [0.717, 1.165) is 5.69 Å². The van der Waals surface area contributed by atoms with E-state index in [1.54, 1.807) is 48.1 Å². The number of carbonyl (C=O) groups excluding carboxylic acids is 2. The average Bonchev–Trinajstić information content (AvgIpc) is 3.10. The van der Waals surface area contributed by atoms with Gasteiger partial charge in [0.15, 0.2) is 5.16 Å². The third kappa shape index (κ3) is 5.27. The predicted molar refractivity (Wildman–Crippen MR) is 110 cm³/mol. The fourth-order valence-electron chi connectivity index (χ4n) is 2.46. The third-order valence-corrected chi connectivity index (χ3v) is 5.03. The number of aromatic nitrogens is 3. The summed E-state index contributed by atoms with van der Waals surface area (Å²) in [6, 6.07) is 13.8. The van der Waals surface area contributed by atoms with Crippen LogP contribution in [0.5, 0.6) is 5.75 Å². The molecule has 0 aliphatic rings. The van der Waals surface area contributed by atoms with Gasteiger partial charge in [0.1, 0.15) is 11.6 Å². The summed E-state index contributed by atoms with van der Waals surface area (Å²) in [5.74, 6) is 0.546. The maximum absolute atomic E-state index is 12.1. The quantitative estimate of drug-likeness (QED) is 0.460. The lowest BCUT2D eigenvalue weighted by Crippen LogP contribution is -2.42. The first-order valence-electron chi connectivity index (χ1n) is 8.52. The molecule has 29 heavy (non-hydrogen) atoms. The van der Waals surface area contributed by atoms with Crippen molar-refractivity contribution in [3.05, 3.63) is 64.9 Å². The molecule has 150 valence electrons. The van der Waals surface area contributed by atoms with Gasteiger partial charge >= 0.3 is 0 Å². The first kappa shape index (κ1) is 20.7. The Morgan fingerprint density at radius 3 is 2.59 bits per heavy atom. The van der Waals surface area contributed by atoms with Gasteiger partial charge in [0, 0.05) is 10.6 Å². The lowest BCUT2D eigenvalue weighted by molar-refractivity contribution is -0.119. The number of rotatable bonds is 6. The van der Waals surface area contributed by atoms with Crippen LogP contribution in [-0.2, 0) is 4.79 Å². The van der Waals surface area contributed by atoms with Gasteiger partial charge in [-0.25, -0.2) is 0 Å². The molecule has 2 N–H and O–H groups in total. The van der Waals surface area contributed by atoms with Crippen LogP contribution in [0.3, 0.4) is 0 Å². The number of nitrogens with zero attached hydrogens (tertiary/aromatic N) is 3. The van der Waals surface area contributed by atoms with Crippen LogP contribution in [0.25, 0.3) is 5.69 Å². The van der Waals surface area contributed by atoms with E-state index in [0.29, 0.717) is 27.3 Å². The minimum atomic E-state index is -0.427. The summed E-state index contributed by atoms with van der Waals surface area (Å²) in [6.07, 6.45) is 0. The Labute approximate surface area is 176 Å². The van der Waals surface area contributed by atoms with Crippen molar-refractivity contribution in [1.82, 2.24) is 25.6 Å². The number of hydrogen-bond donors (Lipinski definition) is 2. The van der Waals surface area contributed by atoms with Gasteiger partial charge in [-0.05, 0) is 49.4 Å². The van der Waals surface area contributed by atoms with Gasteiger partial charge in [0.2, 0.25) is 5.91 Å². The van der Waals surface area contributed by atoms with Gasteiger partial charge in [-0.2, -0.15) is 0 Å². The molecule has 10 heteroatoms. The number of nitrogens with one attached hydrogen (secondary N) is 2. The number of ether oxygens (including phenoxy) is 1. The molecule has 0 aliphatic carbocycles. The Morgan fingerprint density at radius 1 is 1.14 bits per heavy atom. The molecule has 0 saturated heterocycles. The zero-order valence-corrected chi connectivity index (χ0v) is 17.3. The van der Waals surface area contributed by atoms with E-state index in [4.69, 9.17) is 16.3 Å². The second-order valence-corrected chi connectivity index (χ2v) is 7.24. The van der Waals surface area contributed by atoms with E-state index in [1.807, 2.05) is 19.1 Å². The first-order valence-corrected chi connectivity index (χ1v) is 9.88. The third-order valence-electron chi connectivity index (χ3n) is 3.86. The summed E-state index contributed by atoms with van der Waals surface area (Å²) in [4.78, 5) is 24.2. The summed E-state index contributed by atoms with van der Waals surface area (Å²) >= 11 is 7.26. The van der Waals surface area contributed by atoms with Crippen molar-refractivity contribution in [1.29, 1.82) is 0 Å². The molecule has 2 aromatic carbocycles. The zero-order chi connectivity index (χ0) is 20.8. The van der Waals surface area contributed by atoms with Crippen LogP contribution in [0.15, 0.2) is 53.7 Å². The molecule has 0 saturated carbocycles. The van der Waals surface area contributed by atoms with Crippen LogP contribution in [0.4, 0.5) is 0 Å². The van der Waals surface area contributed by atoms with E-state index in [1.165, 1.54) is 11.8 Å². The summed E-state index contributed by atoms with van der Waals surface area (Å²) in [5, 5.41) is 9.30. The van der Waals surface area contributed by atoms with Crippen molar-refractivity contribution < 1.29 is 14.3 Å². The molecule has 0 radical (unpaired) electrons. The molecule has 2 amide bonds. The number of methoxy groups -OCH3 is 1. The zero-order valence-electron chi connectivity index (χ0n) is 15.7. The van der Waals surface area contributed by atoms with Crippen LogP contribution < -0.4 is 15.6 Å². The molecule has 0 bridgehead atoms. The number of hydrazine groups is 1. The van der Waals surface area contributed by atoms with Crippen LogP contribution in [0, 0.1) is 6.92 Å². The number of carbonyl (C=O) groups is 2. The lowest BCUT2D eigenvalue weighted by Gasteiger charge is -2.10. The van der Waals surface area contributed by atoms with Crippen LogP contribution in [-0.4, -0.2) is 39.4 Å². The first-order chi connectivity index (χ1) is 14.0. The lowest BCUT2D eigenvalue weighted by atomic mass is 10.2. The second-order valence-electron chi connectivity index (χ2n) is 5.86. The van der Waals surface area contributed by atoms with Crippen molar-refractivity contribution >= 4 is 35.2 Å². The van der Waals surface area contributed by atoms with Gasteiger partial charge in [0.05, 0.1) is 18.6 Å². The fraction of sp³-hybridized carbons (Fsp3) is 0.158. The van der Waals surface area contributed by atoms with Crippen LogP contribution in [0.1, 0.15) is 16.2 Å². The van der Waals surface area contributed by atoms with Crippen LogP contribution in [0.2, 0.25) is 5.02 Å². The SMILES string of the molecule is COc1ccc(C(=O)NNC(=O)CSc2nnc(C)n2-c2cccc(Cl)c2)cc1. The number of amides is 2. The van der Waals surface area contributed by atoms with E-state index >= 15 is 0 Å². The molecule has 0 atom stereocenters. The van der Waals surface area contributed by atoms with E-state index in [-0.39, 0.29) is 11.7 Å². The number of benzene rings is 2. The Hall–Kier alpha value is -3.04. The molecule has 0 aliphatic heterocycles. The molecule has 0 spiro atoms. The molecule has 3 aromatic rings. The summed E-state index contributed by atoms with van der Waals surface area (Å²) < 4.78 is 6.85. The summed E-state index contributed by atoms with van der Waals surface area (Å²) in [6.45, 7) is 1.81. The smallest absolute Gasteiger partial charge is 0.269 e. The average molecular weight is 432 g/mol. The van der Waals surface area contributed by atoms with Gasteiger partial charge < -0.3 is 4.74 Å². The molecule has 3 rings (SSSR count). The summed E-state index contributed by atoms with van der Waals surface area (Å²) in [7, 11) is 1.54. The largest absolute Gasteiger partial charge is 0.497 e. The monoisotopic (exact) mass is 431 g/mol. The van der Waals surface area contributed by atoms with Crippen molar-refractivity contribution in [3.63, 3.8) is 0 Å². The van der Waals surface area contributed by atoms with Crippen molar-refractivity contribution in [3.8, 4) is 11.4 Å². The minimum Gasteiger partial charge on any atom is -0.497 e. The normalized spacial score (nSPS) is 10.4. The van der Waals surface area contributed by atoms with Crippen molar-refractivity contribution in [2.75, 3.05) is 12.9 Å². The highest BCUT2D eigenvalue weighted by Gasteiger charge is 2.14. The highest BCUT2D eigenvalue weighted by Crippen LogP contribution is 2.23. The van der Waals surface area contributed by atoms with Gasteiger partial charge in [-0.15, -0.1) is 10.2 Å². The van der Waals surface area contributed by atoms with E-state index in [2.05, 4.69) is 21.0 Å². The second kappa shape index (κ2) is 9.44. The number of hydrogen-bond acceptors (Lipinski definition) is 6. The summed E-state index contributed by atoms with van der Waals surface area (Å²) in [5.41, 5.74) is 5.96. The predicted octanol–water partition coefficient (Wildman–Crippen LogP) is 2.79. The Balaban J connectivity index is 1.56. The molecule has 1 heterocycles. The highest BCUT2D eigenvalue weighted by atomic mass is 35.5. The number of halogens is 1.